The summed E-state index contributed by atoms with van der Waals surface area (Å²) in [6.07, 6.45) is -0.882. The van der Waals surface area contributed by atoms with Gasteiger partial charge in [-0.25, -0.2) is 0 Å². The molecule has 90 valence electrons. The fourth-order valence-corrected chi connectivity index (χ4v) is 1.94. The molecule has 6 heteroatoms. The van der Waals surface area contributed by atoms with E-state index < -0.39 is 6.10 Å². The van der Waals surface area contributed by atoms with Crippen LogP contribution in [0.15, 0.2) is 21.1 Å². The predicted molar refractivity (Wildman–Crippen MR) is 67.0 cm³/mol. The van der Waals surface area contributed by atoms with Gasteiger partial charge in [0.15, 0.2) is 0 Å². The van der Waals surface area contributed by atoms with Crippen LogP contribution in [0.2, 0.25) is 0 Å². The minimum absolute atomic E-state index is 0.0356. The maximum Gasteiger partial charge on any atom is 0.135 e. The quantitative estimate of drug-likeness (QED) is 0.847. The largest absolute Gasteiger partial charge is 0.496 e. The second-order valence-electron chi connectivity index (χ2n) is 3.06. The Bertz CT molecular complexity index is 357. The Morgan fingerprint density at radius 1 is 1.25 bits per heavy atom. The van der Waals surface area contributed by atoms with Crippen molar-refractivity contribution in [3.8, 4) is 11.5 Å². The SMILES string of the molecule is COc1cc(Br)c(OCC(O)CO)cc1Br. The van der Waals surface area contributed by atoms with Gasteiger partial charge >= 0.3 is 0 Å². The van der Waals surface area contributed by atoms with Gasteiger partial charge in [-0.15, -0.1) is 0 Å². The average molecular weight is 356 g/mol. The van der Waals surface area contributed by atoms with E-state index in [2.05, 4.69) is 31.9 Å². The Labute approximate surface area is 110 Å². The summed E-state index contributed by atoms with van der Waals surface area (Å²) < 4.78 is 11.9. The van der Waals surface area contributed by atoms with Gasteiger partial charge < -0.3 is 19.7 Å². The van der Waals surface area contributed by atoms with E-state index in [1.807, 2.05) is 0 Å². The first kappa shape index (κ1) is 13.8. The summed E-state index contributed by atoms with van der Waals surface area (Å²) in [5.41, 5.74) is 0. The number of aliphatic hydroxyl groups is 2. The molecule has 0 fully saturated rings. The molecule has 4 nitrogen and oxygen atoms in total. The van der Waals surface area contributed by atoms with E-state index in [9.17, 15) is 0 Å². The molecule has 0 saturated heterocycles. The van der Waals surface area contributed by atoms with Crippen LogP contribution in [0, 0.1) is 0 Å². The zero-order valence-electron chi connectivity index (χ0n) is 8.61. The summed E-state index contributed by atoms with van der Waals surface area (Å²) in [5, 5.41) is 17.8. The third kappa shape index (κ3) is 3.62. The molecule has 1 rings (SSSR count). The highest BCUT2D eigenvalue weighted by Gasteiger charge is 2.10. The van der Waals surface area contributed by atoms with Crippen LogP contribution in [0.4, 0.5) is 0 Å². The lowest BCUT2D eigenvalue weighted by molar-refractivity contribution is 0.0533. The van der Waals surface area contributed by atoms with Crippen LogP contribution < -0.4 is 9.47 Å². The molecule has 0 bridgehead atoms. The number of ether oxygens (including phenoxy) is 2. The normalized spacial score (nSPS) is 12.3. The Morgan fingerprint density at radius 2 is 1.81 bits per heavy atom. The average Bonchev–Trinajstić information content (AvgIpc) is 2.29. The summed E-state index contributed by atoms with van der Waals surface area (Å²) in [5.74, 6) is 1.25. The van der Waals surface area contributed by atoms with Crippen LogP contribution in [0.3, 0.4) is 0 Å². The molecule has 1 aromatic carbocycles. The Morgan fingerprint density at radius 3 is 2.38 bits per heavy atom. The van der Waals surface area contributed by atoms with Gasteiger partial charge in [0.2, 0.25) is 0 Å². The Hall–Kier alpha value is -0.300. The zero-order valence-corrected chi connectivity index (χ0v) is 11.8. The number of rotatable bonds is 5. The number of halogens is 2. The highest BCUT2D eigenvalue weighted by atomic mass is 79.9. The van der Waals surface area contributed by atoms with E-state index >= 15 is 0 Å². The van der Waals surface area contributed by atoms with Crippen molar-refractivity contribution in [2.75, 3.05) is 20.3 Å². The van der Waals surface area contributed by atoms with Crippen LogP contribution >= 0.6 is 31.9 Å². The van der Waals surface area contributed by atoms with Gasteiger partial charge in [0, 0.05) is 0 Å². The standard InChI is InChI=1S/C10H12Br2O4/c1-15-9-2-8(12)10(3-7(9)11)16-5-6(14)4-13/h2-3,6,13-14H,4-5H2,1H3. The molecule has 1 atom stereocenters. The second kappa shape index (κ2) is 6.44. The molecule has 0 aromatic heterocycles. The highest BCUT2D eigenvalue weighted by molar-refractivity contribution is 9.11. The molecule has 0 aliphatic carbocycles. The molecule has 2 N–H and O–H groups in total. The van der Waals surface area contributed by atoms with Gasteiger partial charge in [-0.2, -0.15) is 0 Å². The highest BCUT2D eigenvalue weighted by Crippen LogP contribution is 2.35. The molecule has 0 radical (unpaired) electrons. The maximum absolute atomic E-state index is 9.15. The third-order valence-corrected chi connectivity index (χ3v) is 3.09. The summed E-state index contributed by atoms with van der Waals surface area (Å²) in [6.45, 7) is -0.289. The topological polar surface area (TPSA) is 58.9 Å². The van der Waals surface area contributed by atoms with Crippen molar-refractivity contribution in [3.63, 3.8) is 0 Å². The van der Waals surface area contributed by atoms with Gasteiger partial charge in [0.25, 0.3) is 0 Å². The molecular formula is C10H12Br2O4. The van der Waals surface area contributed by atoms with Gasteiger partial charge in [-0.05, 0) is 44.0 Å². The van der Waals surface area contributed by atoms with Gasteiger partial charge in [0.1, 0.15) is 24.2 Å². The smallest absolute Gasteiger partial charge is 0.135 e. The Balaban J connectivity index is 2.77. The van der Waals surface area contributed by atoms with Crippen LogP contribution in [0.1, 0.15) is 0 Å². The molecule has 1 aromatic rings. The van der Waals surface area contributed by atoms with E-state index in [-0.39, 0.29) is 13.2 Å². The third-order valence-electron chi connectivity index (χ3n) is 1.85. The fraction of sp³-hybridized carbons (Fsp3) is 0.400. The molecule has 0 amide bonds. The molecule has 0 aliphatic heterocycles. The van der Waals surface area contributed by atoms with Crippen LogP contribution in [-0.4, -0.2) is 36.6 Å². The Kier molecular flexibility index (Phi) is 5.54. The summed E-state index contributed by atoms with van der Waals surface area (Å²) in [7, 11) is 1.57. The molecule has 0 spiro atoms. The zero-order chi connectivity index (χ0) is 12.1. The van der Waals surface area contributed by atoms with Crippen LogP contribution in [0.5, 0.6) is 11.5 Å². The lowest BCUT2D eigenvalue weighted by Gasteiger charge is -2.13. The number of methoxy groups -OCH3 is 1. The van der Waals surface area contributed by atoms with Crippen molar-refractivity contribution in [2.45, 2.75) is 6.10 Å². The van der Waals surface area contributed by atoms with Crippen molar-refractivity contribution < 1.29 is 19.7 Å². The number of benzene rings is 1. The van der Waals surface area contributed by atoms with Gasteiger partial charge in [0.05, 0.1) is 22.7 Å². The van der Waals surface area contributed by atoms with Crippen molar-refractivity contribution in [1.82, 2.24) is 0 Å². The first-order valence-electron chi connectivity index (χ1n) is 4.53. The van der Waals surface area contributed by atoms with E-state index in [0.29, 0.717) is 11.5 Å². The van der Waals surface area contributed by atoms with Crippen molar-refractivity contribution in [2.24, 2.45) is 0 Å². The first-order valence-corrected chi connectivity index (χ1v) is 6.11. The van der Waals surface area contributed by atoms with E-state index in [4.69, 9.17) is 19.7 Å². The van der Waals surface area contributed by atoms with Gasteiger partial charge in [-0.3, -0.25) is 0 Å². The molecule has 0 saturated carbocycles. The minimum atomic E-state index is -0.882. The van der Waals surface area contributed by atoms with Crippen LogP contribution in [-0.2, 0) is 0 Å². The second-order valence-corrected chi connectivity index (χ2v) is 4.77. The number of hydrogen-bond donors (Lipinski definition) is 2. The summed E-state index contributed by atoms with van der Waals surface area (Å²) in [6, 6.07) is 3.48. The molecular weight excluding hydrogens is 344 g/mol. The van der Waals surface area contributed by atoms with Crippen molar-refractivity contribution in [1.29, 1.82) is 0 Å². The molecule has 0 heterocycles. The lowest BCUT2D eigenvalue weighted by Crippen LogP contribution is -2.21. The number of hydrogen-bond acceptors (Lipinski definition) is 4. The number of aliphatic hydroxyl groups excluding tert-OH is 2. The summed E-state index contributed by atoms with van der Waals surface area (Å²) in [4.78, 5) is 0. The molecule has 0 aliphatic rings. The molecule has 1 unspecified atom stereocenters. The van der Waals surface area contributed by atoms with E-state index in [1.165, 1.54) is 0 Å². The van der Waals surface area contributed by atoms with Gasteiger partial charge in [-0.1, -0.05) is 0 Å². The predicted octanol–water partition coefficient (Wildman–Crippen LogP) is 1.95. The maximum atomic E-state index is 9.15. The fourth-order valence-electron chi connectivity index (χ4n) is 1.02. The van der Waals surface area contributed by atoms with Crippen LogP contribution in [0.25, 0.3) is 0 Å². The summed E-state index contributed by atoms with van der Waals surface area (Å²) >= 11 is 6.65. The van der Waals surface area contributed by atoms with E-state index in [1.54, 1.807) is 19.2 Å². The van der Waals surface area contributed by atoms with Crippen molar-refractivity contribution in [3.05, 3.63) is 21.1 Å². The van der Waals surface area contributed by atoms with Crippen molar-refractivity contribution >= 4 is 31.9 Å². The minimum Gasteiger partial charge on any atom is -0.496 e. The first-order chi connectivity index (χ1) is 7.58. The monoisotopic (exact) mass is 354 g/mol. The molecule has 16 heavy (non-hydrogen) atoms. The van der Waals surface area contributed by atoms with E-state index in [0.717, 1.165) is 8.95 Å². The lowest BCUT2D eigenvalue weighted by atomic mass is 10.3.